The van der Waals surface area contributed by atoms with Crippen LogP contribution in [0.1, 0.15) is 37.5 Å². The van der Waals surface area contributed by atoms with Crippen LogP contribution in [0.5, 0.6) is 0 Å². The molecule has 0 aliphatic heterocycles. The first-order valence-electron chi connectivity index (χ1n) is 5.60. The van der Waals surface area contributed by atoms with Crippen molar-refractivity contribution in [2.24, 2.45) is 11.7 Å². The normalized spacial score (nSPS) is 13.1. The van der Waals surface area contributed by atoms with Gasteiger partial charge < -0.3 is 10.8 Å². The lowest BCUT2D eigenvalue weighted by molar-refractivity contribution is 0.170. The van der Waals surface area contributed by atoms with E-state index in [9.17, 15) is 5.11 Å². The average Bonchev–Trinajstić information content (AvgIpc) is 2.18. The molecule has 0 aliphatic rings. The van der Waals surface area contributed by atoms with Gasteiger partial charge in [0.1, 0.15) is 0 Å². The fourth-order valence-corrected chi connectivity index (χ4v) is 1.67. The molecule has 1 aromatic carbocycles. The Bertz CT molecular complexity index is 279. The SMILES string of the molecule is CC(C)Cc1ccc([C@H](O)CCN)cc1. The van der Waals surface area contributed by atoms with Crippen LogP contribution in [0.15, 0.2) is 24.3 Å². The maximum atomic E-state index is 9.71. The summed E-state index contributed by atoms with van der Waals surface area (Å²) in [5.41, 5.74) is 7.70. The zero-order valence-corrected chi connectivity index (χ0v) is 9.61. The van der Waals surface area contributed by atoms with E-state index in [1.807, 2.05) is 12.1 Å². The first-order valence-corrected chi connectivity index (χ1v) is 5.60. The van der Waals surface area contributed by atoms with Gasteiger partial charge in [0, 0.05) is 0 Å². The first kappa shape index (κ1) is 12.2. The van der Waals surface area contributed by atoms with E-state index < -0.39 is 6.10 Å². The molecular weight excluding hydrogens is 186 g/mol. The second-order valence-electron chi connectivity index (χ2n) is 4.43. The number of aliphatic hydroxyl groups excluding tert-OH is 1. The van der Waals surface area contributed by atoms with Crippen molar-refractivity contribution in [3.63, 3.8) is 0 Å². The van der Waals surface area contributed by atoms with Crippen molar-refractivity contribution in [2.75, 3.05) is 6.54 Å². The standard InChI is InChI=1S/C13H21NO/c1-10(2)9-11-3-5-12(6-4-11)13(15)7-8-14/h3-6,10,13,15H,7-9,14H2,1-2H3/t13-/m1/s1. The second-order valence-corrected chi connectivity index (χ2v) is 4.43. The van der Waals surface area contributed by atoms with Crippen molar-refractivity contribution in [3.8, 4) is 0 Å². The third kappa shape index (κ3) is 4.02. The molecule has 1 aromatic rings. The zero-order valence-electron chi connectivity index (χ0n) is 9.61. The van der Waals surface area contributed by atoms with Crippen LogP contribution in [0.3, 0.4) is 0 Å². The fraction of sp³-hybridized carbons (Fsp3) is 0.538. The van der Waals surface area contributed by atoms with Gasteiger partial charge in [-0.05, 0) is 36.4 Å². The molecule has 15 heavy (non-hydrogen) atoms. The highest BCUT2D eigenvalue weighted by molar-refractivity contribution is 5.24. The Morgan fingerprint density at radius 2 is 1.80 bits per heavy atom. The van der Waals surface area contributed by atoms with Crippen molar-refractivity contribution in [1.29, 1.82) is 0 Å². The van der Waals surface area contributed by atoms with Crippen LogP contribution in [0.25, 0.3) is 0 Å². The number of benzene rings is 1. The Balaban J connectivity index is 2.63. The van der Waals surface area contributed by atoms with E-state index in [2.05, 4.69) is 26.0 Å². The molecule has 0 fully saturated rings. The van der Waals surface area contributed by atoms with Gasteiger partial charge in [-0.3, -0.25) is 0 Å². The van der Waals surface area contributed by atoms with Crippen LogP contribution in [0.2, 0.25) is 0 Å². The molecule has 1 rings (SSSR count). The van der Waals surface area contributed by atoms with Gasteiger partial charge in [0.2, 0.25) is 0 Å². The van der Waals surface area contributed by atoms with Crippen molar-refractivity contribution in [1.82, 2.24) is 0 Å². The minimum atomic E-state index is -0.414. The lowest BCUT2D eigenvalue weighted by Crippen LogP contribution is -2.06. The highest BCUT2D eigenvalue weighted by atomic mass is 16.3. The molecule has 0 aliphatic carbocycles. The van der Waals surface area contributed by atoms with E-state index in [0.717, 1.165) is 12.0 Å². The summed E-state index contributed by atoms with van der Waals surface area (Å²) in [6, 6.07) is 8.18. The summed E-state index contributed by atoms with van der Waals surface area (Å²) in [4.78, 5) is 0. The molecule has 3 N–H and O–H groups in total. The smallest absolute Gasteiger partial charge is 0.0802 e. The lowest BCUT2D eigenvalue weighted by atomic mass is 9.99. The van der Waals surface area contributed by atoms with Crippen LogP contribution in [0.4, 0.5) is 0 Å². The minimum absolute atomic E-state index is 0.414. The zero-order chi connectivity index (χ0) is 11.3. The topological polar surface area (TPSA) is 46.2 Å². The van der Waals surface area contributed by atoms with Crippen molar-refractivity contribution < 1.29 is 5.11 Å². The van der Waals surface area contributed by atoms with Crippen LogP contribution in [-0.2, 0) is 6.42 Å². The summed E-state index contributed by atoms with van der Waals surface area (Å²) in [6.45, 7) is 4.93. The predicted molar refractivity (Wildman–Crippen MR) is 63.6 cm³/mol. The van der Waals surface area contributed by atoms with Crippen molar-refractivity contribution in [3.05, 3.63) is 35.4 Å². The molecule has 2 nitrogen and oxygen atoms in total. The Labute approximate surface area is 92.1 Å². The Morgan fingerprint density at radius 1 is 1.20 bits per heavy atom. The number of rotatable bonds is 5. The lowest BCUT2D eigenvalue weighted by Gasteiger charge is -2.11. The van der Waals surface area contributed by atoms with E-state index in [0.29, 0.717) is 18.9 Å². The van der Waals surface area contributed by atoms with Gasteiger partial charge in [0.15, 0.2) is 0 Å². The molecule has 0 saturated heterocycles. The third-order valence-corrected chi connectivity index (χ3v) is 2.45. The van der Waals surface area contributed by atoms with E-state index in [-0.39, 0.29) is 0 Å². The van der Waals surface area contributed by atoms with Gasteiger partial charge in [-0.1, -0.05) is 38.1 Å². The van der Waals surface area contributed by atoms with E-state index in [1.54, 1.807) is 0 Å². The number of hydrogen-bond acceptors (Lipinski definition) is 2. The van der Waals surface area contributed by atoms with E-state index in [1.165, 1.54) is 5.56 Å². The van der Waals surface area contributed by atoms with Gasteiger partial charge in [0.05, 0.1) is 6.10 Å². The maximum absolute atomic E-state index is 9.71. The molecule has 0 heterocycles. The van der Waals surface area contributed by atoms with Gasteiger partial charge in [-0.15, -0.1) is 0 Å². The summed E-state index contributed by atoms with van der Waals surface area (Å²) in [5.74, 6) is 0.671. The van der Waals surface area contributed by atoms with Crippen LogP contribution >= 0.6 is 0 Å². The van der Waals surface area contributed by atoms with Crippen molar-refractivity contribution >= 4 is 0 Å². The molecule has 0 radical (unpaired) electrons. The number of aliphatic hydroxyl groups is 1. The maximum Gasteiger partial charge on any atom is 0.0802 e. The van der Waals surface area contributed by atoms with Gasteiger partial charge in [-0.2, -0.15) is 0 Å². The summed E-state index contributed by atoms with van der Waals surface area (Å²) in [7, 11) is 0. The number of hydrogen-bond donors (Lipinski definition) is 2. The molecule has 0 bridgehead atoms. The van der Waals surface area contributed by atoms with E-state index >= 15 is 0 Å². The van der Waals surface area contributed by atoms with Crippen molar-refractivity contribution in [2.45, 2.75) is 32.8 Å². The highest BCUT2D eigenvalue weighted by Gasteiger charge is 2.06. The van der Waals surface area contributed by atoms with Gasteiger partial charge in [-0.25, -0.2) is 0 Å². The first-order chi connectivity index (χ1) is 7.13. The van der Waals surface area contributed by atoms with Crippen LogP contribution in [0, 0.1) is 5.92 Å². The van der Waals surface area contributed by atoms with Crippen LogP contribution < -0.4 is 5.73 Å². The predicted octanol–water partition coefficient (Wildman–Crippen LogP) is 2.27. The quantitative estimate of drug-likeness (QED) is 0.778. The molecule has 1 atom stereocenters. The van der Waals surface area contributed by atoms with E-state index in [4.69, 9.17) is 5.73 Å². The molecule has 2 heteroatoms. The Kier molecular flexibility index (Phi) is 4.79. The fourth-order valence-electron chi connectivity index (χ4n) is 1.67. The molecule has 0 unspecified atom stereocenters. The molecule has 0 aromatic heterocycles. The molecule has 84 valence electrons. The Hall–Kier alpha value is -0.860. The summed E-state index contributed by atoms with van der Waals surface area (Å²) < 4.78 is 0. The monoisotopic (exact) mass is 207 g/mol. The van der Waals surface area contributed by atoms with Gasteiger partial charge in [0.25, 0.3) is 0 Å². The summed E-state index contributed by atoms with van der Waals surface area (Å²) in [6.07, 6.45) is 1.31. The average molecular weight is 207 g/mol. The highest BCUT2D eigenvalue weighted by Crippen LogP contribution is 2.17. The molecule has 0 saturated carbocycles. The molecular formula is C13H21NO. The minimum Gasteiger partial charge on any atom is -0.388 e. The summed E-state index contributed by atoms with van der Waals surface area (Å²) in [5, 5.41) is 9.71. The largest absolute Gasteiger partial charge is 0.388 e. The summed E-state index contributed by atoms with van der Waals surface area (Å²) >= 11 is 0. The third-order valence-electron chi connectivity index (χ3n) is 2.45. The molecule has 0 amide bonds. The Morgan fingerprint density at radius 3 is 2.27 bits per heavy atom. The van der Waals surface area contributed by atoms with Crippen LogP contribution in [-0.4, -0.2) is 11.7 Å². The number of nitrogens with two attached hydrogens (primary N) is 1. The molecule has 0 spiro atoms. The van der Waals surface area contributed by atoms with Gasteiger partial charge >= 0.3 is 0 Å². The second kappa shape index (κ2) is 5.89.